The van der Waals surface area contributed by atoms with Crippen LogP contribution in [0.5, 0.6) is 6.01 Å². The van der Waals surface area contributed by atoms with Crippen LogP contribution in [0.2, 0.25) is 0 Å². The van der Waals surface area contributed by atoms with E-state index in [1.54, 1.807) is 0 Å². The van der Waals surface area contributed by atoms with Crippen LogP contribution in [0.15, 0.2) is 12.7 Å². The number of ether oxygens (including phenoxy) is 2. The van der Waals surface area contributed by atoms with E-state index in [0.717, 1.165) is 19.4 Å². The highest BCUT2D eigenvalue weighted by molar-refractivity contribution is 5.29. The van der Waals surface area contributed by atoms with Gasteiger partial charge in [-0.05, 0) is 6.42 Å². The second-order valence-electron chi connectivity index (χ2n) is 4.61. The van der Waals surface area contributed by atoms with Gasteiger partial charge in [-0.3, -0.25) is 0 Å². The molecule has 9 nitrogen and oxygen atoms in total. The predicted octanol–water partition coefficient (Wildman–Crippen LogP) is 0.442. The molecule has 0 radical (unpaired) electrons. The zero-order valence-electron chi connectivity index (χ0n) is 11.8. The summed E-state index contributed by atoms with van der Waals surface area (Å²) in [5, 5.41) is 7.15. The Kier molecular flexibility index (Phi) is 4.20. The largest absolute Gasteiger partial charge is 0.457 e. The zero-order chi connectivity index (χ0) is 14.5. The molecule has 0 spiro atoms. The highest BCUT2D eigenvalue weighted by Crippen LogP contribution is 2.15. The number of nitrogens with zero attached hydrogens (tertiary/aromatic N) is 6. The summed E-state index contributed by atoms with van der Waals surface area (Å²) >= 11 is 0. The molecule has 2 aromatic heterocycles. The fourth-order valence-corrected chi connectivity index (χ4v) is 1.88. The summed E-state index contributed by atoms with van der Waals surface area (Å²) in [5.41, 5.74) is 0. The maximum absolute atomic E-state index is 5.75. The lowest BCUT2D eigenvalue weighted by Crippen LogP contribution is -2.19. The Morgan fingerprint density at radius 1 is 1.43 bits per heavy atom. The minimum atomic E-state index is -0.0185. The van der Waals surface area contributed by atoms with Crippen LogP contribution in [0, 0.1) is 0 Å². The normalized spacial score (nSPS) is 17.9. The molecule has 1 fully saturated rings. The second-order valence-corrected chi connectivity index (χ2v) is 4.61. The molecule has 1 N–H and O–H groups in total. The fraction of sp³-hybridized carbons (Fsp3) is 0.583. The summed E-state index contributed by atoms with van der Waals surface area (Å²) < 4.78 is 12.5. The lowest BCUT2D eigenvalue weighted by atomic mass is 10.3. The first-order valence-electron chi connectivity index (χ1n) is 6.94. The summed E-state index contributed by atoms with van der Waals surface area (Å²) in [7, 11) is 0. The first-order chi connectivity index (χ1) is 10.3. The molecule has 21 heavy (non-hydrogen) atoms. The van der Waals surface area contributed by atoms with Gasteiger partial charge in [-0.15, -0.1) is 0 Å². The summed E-state index contributed by atoms with van der Waals surface area (Å²) in [6.07, 6.45) is 4.74. The smallest absolute Gasteiger partial charge is 0.323 e. The van der Waals surface area contributed by atoms with E-state index < -0.39 is 0 Å². The third-order valence-corrected chi connectivity index (χ3v) is 2.92. The highest BCUT2D eigenvalue weighted by Gasteiger charge is 2.20. The van der Waals surface area contributed by atoms with Gasteiger partial charge in [-0.1, -0.05) is 6.92 Å². The average Bonchev–Trinajstić information content (AvgIpc) is 3.18. The van der Waals surface area contributed by atoms with Crippen molar-refractivity contribution in [2.75, 3.05) is 25.1 Å². The molecule has 0 saturated carbocycles. The average molecular weight is 291 g/mol. The molecule has 3 heterocycles. The van der Waals surface area contributed by atoms with Gasteiger partial charge in [0.15, 0.2) is 0 Å². The van der Waals surface area contributed by atoms with Crippen LogP contribution in [0.1, 0.15) is 19.8 Å². The molecular weight excluding hydrogens is 274 g/mol. The van der Waals surface area contributed by atoms with Crippen LogP contribution in [0.3, 0.4) is 0 Å². The van der Waals surface area contributed by atoms with E-state index in [4.69, 9.17) is 9.47 Å². The van der Waals surface area contributed by atoms with E-state index >= 15 is 0 Å². The van der Waals surface area contributed by atoms with E-state index in [-0.39, 0.29) is 12.1 Å². The first kappa shape index (κ1) is 13.7. The molecule has 0 amide bonds. The van der Waals surface area contributed by atoms with Gasteiger partial charge in [-0.25, -0.2) is 4.98 Å². The number of rotatable bonds is 6. The topological polar surface area (TPSA) is 99.9 Å². The minimum Gasteiger partial charge on any atom is -0.457 e. The number of hydrogen-bond acceptors (Lipinski definition) is 8. The Morgan fingerprint density at radius 3 is 3.10 bits per heavy atom. The summed E-state index contributed by atoms with van der Waals surface area (Å²) in [4.78, 5) is 16.7. The molecular formula is C12H17N7O2. The number of hydrogen-bond donors (Lipinski definition) is 1. The Labute approximate surface area is 121 Å². The molecule has 0 aliphatic carbocycles. The zero-order valence-corrected chi connectivity index (χ0v) is 11.8. The third kappa shape index (κ3) is 3.43. The van der Waals surface area contributed by atoms with E-state index in [0.29, 0.717) is 25.1 Å². The number of aromatic nitrogens is 6. The van der Waals surface area contributed by atoms with Crippen molar-refractivity contribution < 1.29 is 9.47 Å². The van der Waals surface area contributed by atoms with Crippen molar-refractivity contribution in [2.45, 2.75) is 25.9 Å². The molecule has 9 heteroatoms. The molecule has 0 aromatic carbocycles. The van der Waals surface area contributed by atoms with Crippen LogP contribution >= 0.6 is 0 Å². The van der Waals surface area contributed by atoms with E-state index in [1.807, 2.05) is 0 Å². The Hall–Kier alpha value is -2.29. The Bertz CT molecular complexity index is 569. The van der Waals surface area contributed by atoms with Gasteiger partial charge in [0.2, 0.25) is 5.95 Å². The van der Waals surface area contributed by atoms with Crippen LogP contribution in [-0.2, 0) is 4.74 Å². The minimum absolute atomic E-state index is 0.0185. The Balaban J connectivity index is 1.84. The molecule has 1 aliphatic heterocycles. The fourth-order valence-electron chi connectivity index (χ4n) is 1.88. The lowest BCUT2D eigenvalue weighted by molar-refractivity contribution is 0.134. The standard InChI is InChI=1S/C12H17N7O2/c1-2-4-14-10-16-11(19-8-13-7-15-19)18-12(17-10)21-9-3-5-20-6-9/h7-9H,2-6H2,1H3,(H,14,16,17,18). The molecule has 0 bridgehead atoms. The van der Waals surface area contributed by atoms with E-state index in [9.17, 15) is 0 Å². The van der Waals surface area contributed by atoms with Gasteiger partial charge >= 0.3 is 6.01 Å². The van der Waals surface area contributed by atoms with Crippen LogP contribution in [-0.4, -0.2) is 55.6 Å². The quantitative estimate of drug-likeness (QED) is 0.818. The lowest BCUT2D eigenvalue weighted by Gasteiger charge is -2.12. The van der Waals surface area contributed by atoms with Gasteiger partial charge in [0, 0.05) is 13.0 Å². The second kappa shape index (κ2) is 6.44. The van der Waals surface area contributed by atoms with Gasteiger partial charge in [0.05, 0.1) is 13.2 Å². The van der Waals surface area contributed by atoms with Crippen molar-refractivity contribution in [3.8, 4) is 12.0 Å². The van der Waals surface area contributed by atoms with Gasteiger partial charge in [0.25, 0.3) is 5.95 Å². The van der Waals surface area contributed by atoms with E-state index in [2.05, 4.69) is 37.3 Å². The van der Waals surface area contributed by atoms with Gasteiger partial charge in [-0.2, -0.15) is 24.7 Å². The van der Waals surface area contributed by atoms with Crippen LogP contribution < -0.4 is 10.1 Å². The first-order valence-corrected chi connectivity index (χ1v) is 6.94. The van der Waals surface area contributed by atoms with Crippen LogP contribution in [0.25, 0.3) is 5.95 Å². The van der Waals surface area contributed by atoms with Crippen molar-refractivity contribution in [3.63, 3.8) is 0 Å². The van der Waals surface area contributed by atoms with Gasteiger partial charge in [0.1, 0.15) is 18.8 Å². The highest BCUT2D eigenvalue weighted by atomic mass is 16.6. The maximum atomic E-state index is 5.75. The van der Waals surface area contributed by atoms with E-state index in [1.165, 1.54) is 17.3 Å². The molecule has 3 rings (SSSR count). The van der Waals surface area contributed by atoms with Crippen molar-refractivity contribution >= 4 is 5.95 Å². The molecule has 1 atom stereocenters. The summed E-state index contributed by atoms with van der Waals surface area (Å²) in [6, 6.07) is 0.268. The van der Waals surface area contributed by atoms with Crippen LogP contribution in [0.4, 0.5) is 5.95 Å². The van der Waals surface area contributed by atoms with Crippen molar-refractivity contribution in [3.05, 3.63) is 12.7 Å². The molecule has 1 saturated heterocycles. The predicted molar refractivity (Wildman–Crippen MR) is 73.4 cm³/mol. The summed E-state index contributed by atoms with van der Waals surface area (Å²) in [5.74, 6) is 0.835. The van der Waals surface area contributed by atoms with Crippen molar-refractivity contribution in [1.82, 2.24) is 29.7 Å². The van der Waals surface area contributed by atoms with Crippen molar-refractivity contribution in [2.24, 2.45) is 0 Å². The molecule has 112 valence electrons. The monoisotopic (exact) mass is 291 g/mol. The van der Waals surface area contributed by atoms with Crippen molar-refractivity contribution in [1.29, 1.82) is 0 Å². The number of anilines is 1. The SMILES string of the molecule is CCCNc1nc(OC2CCOC2)nc(-n2cncn2)n1. The molecule has 1 aliphatic rings. The molecule has 2 aromatic rings. The Morgan fingerprint density at radius 2 is 2.38 bits per heavy atom. The number of nitrogens with one attached hydrogen (secondary N) is 1. The molecule has 1 unspecified atom stereocenters. The summed E-state index contributed by atoms with van der Waals surface area (Å²) in [6.45, 7) is 4.10. The van der Waals surface area contributed by atoms with Gasteiger partial charge < -0.3 is 14.8 Å². The third-order valence-electron chi connectivity index (χ3n) is 2.92. The maximum Gasteiger partial charge on any atom is 0.323 e.